The van der Waals surface area contributed by atoms with Crippen molar-refractivity contribution in [2.75, 3.05) is 19.8 Å². The van der Waals surface area contributed by atoms with E-state index in [0.717, 1.165) is 44.4 Å². The van der Waals surface area contributed by atoms with Crippen molar-refractivity contribution in [1.29, 1.82) is 0 Å². The van der Waals surface area contributed by atoms with Gasteiger partial charge in [-0.2, -0.15) is 0 Å². The molecule has 1 aliphatic heterocycles. The minimum atomic E-state index is -0.529. The Hall–Kier alpha value is -1.36. The zero-order chi connectivity index (χ0) is 21.0. The Bertz CT molecular complexity index is 441. The SMILES string of the molecule is CCCCCCCCCCCCCCCOC(=O)/C=C/C(=O)OCC1CCCO1. The van der Waals surface area contributed by atoms with Gasteiger partial charge < -0.3 is 14.2 Å². The van der Waals surface area contributed by atoms with Gasteiger partial charge in [0.1, 0.15) is 6.61 Å². The van der Waals surface area contributed by atoms with E-state index in [9.17, 15) is 9.59 Å². The zero-order valence-electron chi connectivity index (χ0n) is 18.5. The number of hydrogen-bond acceptors (Lipinski definition) is 5. The Morgan fingerprint density at radius 3 is 1.83 bits per heavy atom. The van der Waals surface area contributed by atoms with Crippen LogP contribution in [0.1, 0.15) is 103 Å². The van der Waals surface area contributed by atoms with E-state index in [1.54, 1.807) is 0 Å². The standard InChI is InChI=1S/C24H42O5/c1-2-3-4-5-6-7-8-9-10-11-12-13-14-19-28-23(25)17-18-24(26)29-21-22-16-15-20-27-22/h17-18,22H,2-16,19-21H2,1H3/b18-17+. The number of carbonyl (C=O) groups excluding carboxylic acids is 2. The quantitative estimate of drug-likeness (QED) is 0.160. The molecule has 5 nitrogen and oxygen atoms in total. The van der Waals surface area contributed by atoms with Gasteiger partial charge in [0.15, 0.2) is 0 Å². The van der Waals surface area contributed by atoms with Gasteiger partial charge in [-0.1, -0.05) is 84.0 Å². The summed E-state index contributed by atoms with van der Waals surface area (Å²) in [5.74, 6) is -1.02. The molecular formula is C24H42O5. The first-order valence-corrected chi connectivity index (χ1v) is 11.9. The van der Waals surface area contributed by atoms with E-state index in [4.69, 9.17) is 14.2 Å². The fourth-order valence-electron chi connectivity index (χ4n) is 3.48. The predicted octanol–water partition coefficient (Wildman–Crippen LogP) is 5.90. The highest BCUT2D eigenvalue weighted by Gasteiger charge is 2.16. The lowest BCUT2D eigenvalue weighted by Gasteiger charge is -2.08. The minimum Gasteiger partial charge on any atom is -0.463 e. The first kappa shape index (κ1) is 25.7. The molecule has 1 saturated heterocycles. The van der Waals surface area contributed by atoms with Crippen molar-refractivity contribution in [2.24, 2.45) is 0 Å². The lowest BCUT2D eigenvalue weighted by Crippen LogP contribution is -2.16. The molecule has 0 bridgehead atoms. The number of unbranched alkanes of at least 4 members (excludes halogenated alkanes) is 12. The average Bonchev–Trinajstić information content (AvgIpc) is 3.24. The van der Waals surface area contributed by atoms with Gasteiger partial charge in [-0.25, -0.2) is 9.59 Å². The molecule has 0 radical (unpaired) electrons. The summed E-state index contributed by atoms with van der Waals surface area (Å²) < 4.78 is 15.5. The van der Waals surface area contributed by atoms with Gasteiger partial charge in [-0.3, -0.25) is 0 Å². The Morgan fingerprint density at radius 1 is 0.793 bits per heavy atom. The van der Waals surface area contributed by atoms with Crippen LogP contribution in [0, 0.1) is 0 Å². The van der Waals surface area contributed by atoms with E-state index >= 15 is 0 Å². The summed E-state index contributed by atoms with van der Waals surface area (Å²) in [5.41, 5.74) is 0. The van der Waals surface area contributed by atoms with Crippen LogP contribution in [0.3, 0.4) is 0 Å². The van der Waals surface area contributed by atoms with Gasteiger partial charge in [0.05, 0.1) is 12.7 Å². The number of ether oxygens (including phenoxy) is 3. The zero-order valence-corrected chi connectivity index (χ0v) is 18.5. The van der Waals surface area contributed by atoms with Crippen LogP contribution in [0.4, 0.5) is 0 Å². The summed E-state index contributed by atoms with van der Waals surface area (Å²) in [6.07, 6.45) is 20.9. The fraction of sp³-hybridized carbons (Fsp3) is 0.833. The van der Waals surface area contributed by atoms with Crippen LogP contribution in [0.2, 0.25) is 0 Å². The Kier molecular flexibility index (Phi) is 16.5. The molecule has 1 fully saturated rings. The first-order chi connectivity index (χ1) is 14.2. The Labute approximate surface area is 177 Å². The highest BCUT2D eigenvalue weighted by molar-refractivity contribution is 5.91. The number of carbonyl (C=O) groups is 2. The van der Waals surface area contributed by atoms with Crippen LogP contribution in [0.25, 0.3) is 0 Å². The second-order valence-electron chi connectivity index (χ2n) is 8.01. The summed E-state index contributed by atoms with van der Waals surface area (Å²) in [6, 6.07) is 0. The maximum Gasteiger partial charge on any atom is 0.331 e. The van der Waals surface area contributed by atoms with E-state index in [1.165, 1.54) is 70.6 Å². The van der Waals surface area contributed by atoms with Gasteiger partial charge in [-0.15, -0.1) is 0 Å². The molecule has 0 spiro atoms. The van der Waals surface area contributed by atoms with E-state index < -0.39 is 11.9 Å². The lowest BCUT2D eigenvalue weighted by molar-refractivity contribution is -0.142. The second kappa shape index (κ2) is 18.7. The summed E-state index contributed by atoms with van der Waals surface area (Å²) >= 11 is 0. The third kappa shape index (κ3) is 16.2. The lowest BCUT2D eigenvalue weighted by atomic mass is 10.0. The third-order valence-electron chi connectivity index (χ3n) is 5.28. The van der Waals surface area contributed by atoms with Crippen molar-refractivity contribution >= 4 is 11.9 Å². The van der Waals surface area contributed by atoms with Gasteiger partial charge in [-0.05, 0) is 19.3 Å². The maximum absolute atomic E-state index is 11.6. The van der Waals surface area contributed by atoms with E-state index in [2.05, 4.69) is 6.92 Å². The van der Waals surface area contributed by atoms with Gasteiger partial charge in [0, 0.05) is 18.8 Å². The van der Waals surface area contributed by atoms with E-state index in [1.807, 2.05) is 0 Å². The molecular weight excluding hydrogens is 368 g/mol. The second-order valence-corrected chi connectivity index (χ2v) is 8.01. The van der Waals surface area contributed by atoms with Crippen LogP contribution in [-0.4, -0.2) is 37.9 Å². The molecule has 0 aromatic rings. The summed E-state index contributed by atoms with van der Waals surface area (Å²) in [7, 11) is 0. The predicted molar refractivity (Wildman–Crippen MR) is 116 cm³/mol. The molecule has 0 N–H and O–H groups in total. The molecule has 1 heterocycles. The van der Waals surface area contributed by atoms with Crippen LogP contribution in [0.5, 0.6) is 0 Å². The van der Waals surface area contributed by atoms with Crippen molar-refractivity contribution in [1.82, 2.24) is 0 Å². The maximum atomic E-state index is 11.6. The molecule has 5 heteroatoms. The smallest absolute Gasteiger partial charge is 0.331 e. The van der Waals surface area contributed by atoms with Crippen molar-refractivity contribution in [3.05, 3.63) is 12.2 Å². The fourth-order valence-corrected chi connectivity index (χ4v) is 3.48. The number of rotatable bonds is 18. The van der Waals surface area contributed by atoms with Crippen LogP contribution in [-0.2, 0) is 23.8 Å². The summed E-state index contributed by atoms with van der Waals surface area (Å²) in [5, 5.41) is 0. The van der Waals surface area contributed by atoms with Crippen LogP contribution >= 0.6 is 0 Å². The molecule has 1 unspecified atom stereocenters. The normalized spacial score (nSPS) is 16.4. The molecule has 0 saturated carbocycles. The average molecular weight is 411 g/mol. The third-order valence-corrected chi connectivity index (χ3v) is 5.28. The molecule has 1 rings (SSSR count). The monoisotopic (exact) mass is 410 g/mol. The summed E-state index contributed by atoms with van der Waals surface area (Å²) in [4.78, 5) is 23.1. The Balaban J connectivity index is 1.83. The largest absolute Gasteiger partial charge is 0.463 e. The first-order valence-electron chi connectivity index (χ1n) is 11.9. The Morgan fingerprint density at radius 2 is 1.31 bits per heavy atom. The molecule has 0 amide bonds. The van der Waals surface area contributed by atoms with Crippen molar-refractivity contribution < 1.29 is 23.8 Å². The highest BCUT2D eigenvalue weighted by atomic mass is 16.6. The minimum absolute atomic E-state index is 0.00477. The molecule has 0 aromatic heterocycles. The van der Waals surface area contributed by atoms with Crippen molar-refractivity contribution in [3.63, 3.8) is 0 Å². The topological polar surface area (TPSA) is 61.8 Å². The summed E-state index contributed by atoms with van der Waals surface area (Å²) in [6.45, 7) is 3.64. The molecule has 1 aliphatic rings. The van der Waals surface area contributed by atoms with Crippen molar-refractivity contribution in [2.45, 2.75) is 109 Å². The molecule has 168 valence electrons. The van der Waals surface area contributed by atoms with Crippen molar-refractivity contribution in [3.8, 4) is 0 Å². The number of esters is 2. The van der Waals surface area contributed by atoms with Gasteiger partial charge in [0.2, 0.25) is 0 Å². The molecule has 0 aromatic carbocycles. The molecule has 1 atom stereocenters. The van der Waals surface area contributed by atoms with E-state index in [-0.39, 0.29) is 12.7 Å². The van der Waals surface area contributed by atoms with Gasteiger partial charge >= 0.3 is 11.9 Å². The van der Waals surface area contributed by atoms with Crippen LogP contribution < -0.4 is 0 Å². The van der Waals surface area contributed by atoms with Gasteiger partial charge in [0.25, 0.3) is 0 Å². The highest BCUT2D eigenvalue weighted by Crippen LogP contribution is 2.13. The molecule has 0 aliphatic carbocycles. The molecule has 29 heavy (non-hydrogen) atoms. The van der Waals surface area contributed by atoms with Crippen LogP contribution in [0.15, 0.2) is 12.2 Å². The number of hydrogen-bond donors (Lipinski definition) is 0. The van der Waals surface area contributed by atoms with E-state index in [0.29, 0.717) is 6.61 Å².